The van der Waals surface area contributed by atoms with Gasteiger partial charge < -0.3 is 5.32 Å². The molecule has 2 rings (SSSR count). The van der Waals surface area contributed by atoms with Gasteiger partial charge >= 0.3 is 0 Å². The number of hydrogen-bond donors (Lipinski definition) is 1. The Kier molecular flexibility index (Phi) is 4.83. The van der Waals surface area contributed by atoms with E-state index in [0.717, 1.165) is 23.7 Å². The molecule has 1 aromatic carbocycles. The van der Waals surface area contributed by atoms with E-state index in [-0.39, 0.29) is 0 Å². The number of benzene rings is 1. The van der Waals surface area contributed by atoms with Crippen LogP contribution < -0.4 is 5.32 Å². The van der Waals surface area contributed by atoms with Gasteiger partial charge in [-0.05, 0) is 13.3 Å². The van der Waals surface area contributed by atoms with Crippen LogP contribution in [0.1, 0.15) is 24.5 Å². The first-order chi connectivity index (χ1) is 9.65. The summed E-state index contributed by atoms with van der Waals surface area (Å²) in [6.07, 6.45) is 1.01. The van der Waals surface area contributed by atoms with Gasteiger partial charge in [0, 0.05) is 12.1 Å². The third-order valence-electron chi connectivity index (χ3n) is 2.81. The van der Waals surface area contributed by atoms with Gasteiger partial charge in [0.15, 0.2) is 5.13 Å². The first-order valence-electron chi connectivity index (χ1n) is 6.42. The maximum Gasteiger partial charge on any atom is 0.184 e. The van der Waals surface area contributed by atoms with Crippen LogP contribution in [0.4, 0.5) is 5.13 Å². The summed E-state index contributed by atoms with van der Waals surface area (Å²) >= 11 is 6.67. The number of rotatable bonds is 4. The Balaban J connectivity index is 2.54. The number of nitriles is 1. The zero-order valence-corrected chi connectivity index (χ0v) is 13.1. The summed E-state index contributed by atoms with van der Waals surface area (Å²) in [6, 6.07) is 10.1. The molecular weight excluding hydrogens is 286 g/mol. The molecule has 5 heteroatoms. The van der Waals surface area contributed by atoms with E-state index in [9.17, 15) is 5.26 Å². The normalized spacial score (nSPS) is 10.1. The average Bonchev–Trinajstić information content (AvgIpc) is 2.45. The van der Waals surface area contributed by atoms with E-state index < -0.39 is 0 Å². The second kappa shape index (κ2) is 6.60. The fraction of sp³-hybridized carbons (Fsp3) is 0.267. The number of aromatic nitrogens is 1. The molecule has 0 saturated carbocycles. The molecule has 0 fully saturated rings. The van der Waals surface area contributed by atoms with E-state index >= 15 is 0 Å². The minimum atomic E-state index is 0.482. The van der Waals surface area contributed by atoms with E-state index in [1.54, 1.807) is 0 Å². The second-order valence-corrected chi connectivity index (χ2v) is 6.10. The molecule has 0 amide bonds. The van der Waals surface area contributed by atoms with Crippen molar-refractivity contribution < 1.29 is 0 Å². The van der Waals surface area contributed by atoms with Crippen LogP contribution >= 0.6 is 23.6 Å². The number of nitrogens with one attached hydrogen (secondary N) is 1. The molecule has 1 N–H and O–H groups in total. The summed E-state index contributed by atoms with van der Waals surface area (Å²) < 4.78 is 0.580. The lowest BCUT2D eigenvalue weighted by molar-refractivity contribution is 0.975. The maximum atomic E-state index is 9.31. The molecule has 0 bridgehead atoms. The van der Waals surface area contributed by atoms with E-state index in [1.165, 1.54) is 16.9 Å². The number of hydrogen-bond acceptors (Lipinski definition) is 5. The smallest absolute Gasteiger partial charge is 0.184 e. The highest BCUT2D eigenvalue weighted by Gasteiger charge is 2.11. The molecule has 0 aliphatic rings. The van der Waals surface area contributed by atoms with Crippen molar-refractivity contribution in [3.8, 4) is 17.3 Å². The van der Waals surface area contributed by atoms with Crippen LogP contribution in [0.2, 0.25) is 0 Å². The first kappa shape index (κ1) is 14.6. The highest BCUT2D eigenvalue weighted by molar-refractivity contribution is 7.73. The molecule has 0 aliphatic carbocycles. The SMILES string of the molecule is CCCNc1nc(-c2ccc(C)cc2)c(C#N)c(=S)s1. The fourth-order valence-electron chi connectivity index (χ4n) is 1.74. The summed E-state index contributed by atoms with van der Waals surface area (Å²) in [6.45, 7) is 4.97. The largest absolute Gasteiger partial charge is 0.361 e. The molecule has 1 aromatic heterocycles. The first-order valence-corrected chi connectivity index (χ1v) is 7.64. The van der Waals surface area contributed by atoms with Crippen molar-refractivity contribution in [3.05, 3.63) is 39.2 Å². The van der Waals surface area contributed by atoms with Crippen LogP contribution in [0.3, 0.4) is 0 Å². The molecule has 0 saturated heterocycles. The fourth-order valence-corrected chi connectivity index (χ4v) is 2.85. The van der Waals surface area contributed by atoms with Gasteiger partial charge in [0.2, 0.25) is 0 Å². The lowest BCUT2D eigenvalue weighted by atomic mass is 10.1. The van der Waals surface area contributed by atoms with Gasteiger partial charge in [-0.3, -0.25) is 0 Å². The predicted octanol–water partition coefficient (Wildman–Crippen LogP) is 4.54. The van der Waals surface area contributed by atoms with Gasteiger partial charge in [-0.1, -0.05) is 60.3 Å². The molecular formula is C15H15N3S2. The minimum absolute atomic E-state index is 0.482. The maximum absolute atomic E-state index is 9.31. The number of aryl methyl sites for hydroxylation is 1. The lowest BCUT2D eigenvalue weighted by Crippen LogP contribution is -2.02. The third-order valence-corrected chi connectivity index (χ3v) is 4.08. The molecule has 0 aliphatic heterocycles. The zero-order valence-electron chi connectivity index (χ0n) is 11.4. The summed E-state index contributed by atoms with van der Waals surface area (Å²) in [5.41, 5.74) is 3.24. The van der Waals surface area contributed by atoms with Crippen molar-refractivity contribution in [2.24, 2.45) is 0 Å². The van der Waals surface area contributed by atoms with Crippen molar-refractivity contribution in [2.45, 2.75) is 20.3 Å². The topological polar surface area (TPSA) is 48.7 Å². The van der Waals surface area contributed by atoms with E-state index in [1.807, 2.05) is 31.2 Å². The molecule has 0 radical (unpaired) electrons. The van der Waals surface area contributed by atoms with Crippen molar-refractivity contribution in [1.29, 1.82) is 5.26 Å². The zero-order chi connectivity index (χ0) is 14.5. The third kappa shape index (κ3) is 3.21. The molecule has 0 unspecified atom stereocenters. The van der Waals surface area contributed by atoms with Crippen LogP contribution in [0, 0.1) is 22.1 Å². The highest BCUT2D eigenvalue weighted by Crippen LogP contribution is 2.27. The van der Waals surface area contributed by atoms with Gasteiger partial charge in [0.05, 0.1) is 5.69 Å². The Hall–Kier alpha value is -1.77. The second-order valence-electron chi connectivity index (χ2n) is 4.43. The molecule has 0 atom stereocenters. The monoisotopic (exact) mass is 301 g/mol. The highest BCUT2D eigenvalue weighted by atomic mass is 32.1. The van der Waals surface area contributed by atoms with Crippen molar-refractivity contribution in [2.75, 3.05) is 11.9 Å². The van der Waals surface area contributed by atoms with Crippen LogP contribution in [0.5, 0.6) is 0 Å². The van der Waals surface area contributed by atoms with Crippen LogP contribution in [-0.4, -0.2) is 11.5 Å². The van der Waals surface area contributed by atoms with E-state index in [2.05, 4.69) is 23.3 Å². The van der Waals surface area contributed by atoms with Gasteiger partial charge in [-0.15, -0.1) is 0 Å². The number of nitrogens with zero attached hydrogens (tertiary/aromatic N) is 2. The van der Waals surface area contributed by atoms with Crippen LogP contribution in [0.25, 0.3) is 11.3 Å². The van der Waals surface area contributed by atoms with E-state index in [4.69, 9.17) is 12.2 Å². The number of anilines is 1. The van der Waals surface area contributed by atoms with Gasteiger partial charge in [-0.2, -0.15) is 5.26 Å². The molecule has 1 heterocycles. The summed E-state index contributed by atoms with van der Waals surface area (Å²) in [4.78, 5) is 4.56. The molecule has 102 valence electrons. The molecule has 20 heavy (non-hydrogen) atoms. The predicted molar refractivity (Wildman–Crippen MR) is 86.6 cm³/mol. The summed E-state index contributed by atoms with van der Waals surface area (Å²) in [5, 5.41) is 13.3. The Morgan fingerprint density at radius 2 is 2.05 bits per heavy atom. The van der Waals surface area contributed by atoms with Gasteiger partial charge in [-0.25, -0.2) is 4.98 Å². The van der Waals surface area contributed by atoms with E-state index in [0.29, 0.717) is 15.1 Å². The van der Waals surface area contributed by atoms with Crippen molar-refractivity contribution >= 4 is 28.7 Å². The van der Waals surface area contributed by atoms with Gasteiger partial charge in [0.25, 0.3) is 0 Å². The Bertz CT molecular complexity index is 697. The molecule has 3 nitrogen and oxygen atoms in total. The van der Waals surface area contributed by atoms with Crippen LogP contribution in [-0.2, 0) is 0 Å². The Labute approximate surface area is 127 Å². The standard InChI is InChI=1S/C15H15N3S2/c1-3-8-17-15-18-13(12(9-16)14(19)20-15)11-6-4-10(2)5-7-11/h4-7H,3,8H2,1-2H3,(H,17,18). The minimum Gasteiger partial charge on any atom is -0.361 e. The molecule has 0 spiro atoms. The van der Waals surface area contributed by atoms with Crippen molar-refractivity contribution in [3.63, 3.8) is 0 Å². The van der Waals surface area contributed by atoms with Crippen molar-refractivity contribution in [1.82, 2.24) is 4.98 Å². The average molecular weight is 301 g/mol. The van der Waals surface area contributed by atoms with Crippen LogP contribution in [0.15, 0.2) is 24.3 Å². The molecule has 2 aromatic rings. The quantitative estimate of drug-likeness (QED) is 0.842. The van der Waals surface area contributed by atoms with Gasteiger partial charge in [0.1, 0.15) is 15.5 Å². The summed E-state index contributed by atoms with van der Waals surface area (Å²) in [5.74, 6) is 0. The summed E-state index contributed by atoms with van der Waals surface area (Å²) in [7, 11) is 0. The Morgan fingerprint density at radius 1 is 1.35 bits per heavy atom. The Morgan fingerprint density at radius 3 is 2.65 bits per heavy atom. The lowest BCUT2D eigenvalue weighted by Gasteiger charge is -2.08.